The molecule has 1 fully saturated rings. The van der Waals surface area contributed by atoms with Crippen LogP contribution in [0, 0.1) is 0 Å². The Bertz CT molecular complexity index is 1090. The molecule has 0 aliphatic carbocycles. The zero-order valence-electron chi connectivity index (χ0n) is 18.2. The Morgan fingerprint density at radius 2 is 1.70 bits per heavy atom. The molecule has 1 unspecified atom stereocenters. The smallest absolute Gasteiger partial charge is 0.274 e. The number of hydrogen-bond donors (Lipinski definition) is 3. The van der Waals surface area contributed by atoms with Crippen molar-refractivity contribution in [1.82, 2.24) is 15.7 Å². The summed E-state index contributed by atoms with van der Waals surface area (Å²) in [6.07, 6.45) is -0.0557. The van der Waals surface area contributed by atoms with Crippen LogP contribution in [0.15, 0.2) is 78.9 Å². The highest BCUT2D eigenvalue weighted by Gasteiger charge is 2.21. The molecule has 1 heterocycles. The fraction of sp³-hybridized carbons (Fsp3) is 0.231. The van der Waals surface area contributed by atoms with Crippen LogP contribution in [0.3, 0.4) is 0 Å². The first-order valence-corrected chi connectivity index (χ1v) is 10.9. The van der Waals surface area contributed by atoms with Crippen LogP contribution >= 0.6 is 0 Å². The van der Waals surface area contributed by atoms with E-state index in [1.807, 2.05) is 36.4 Å². The molecule has 3 aromatic carbocycles. The average Bonchev–Trinajstić information content (AvgIpc) is 2.88. The minimum Gasteiger partial charge on any atom is -0.374 e. The number of hydrogen-bond acceptors (Lipinski definition) is 5. The van der Waals surface area contributed by atoms with Gasteiger partial charge in [-0.05, 0) is 41.0 Å². The molecule has 0 spiro atoms. The van der Waals surface area contributed by atoms with Crippen LogP contribution in [0.4, 0.5) is 0 Å². The van der Waals surface area contributed by atoms with Gasteiger partial charge in [-0.1, -0.05) is 54.6 Å². The number of nitrogens with zero attached hydrogens (tertiary/aromatic N) is 1. The SMILES string of the molecule is O=C(NO)c1ccc(-c2cccc(C(=O)NCC3CN(Cc4ccccc4)CCO3)c2)cc1. The average molecular weight is 446 g/mol. The van der Waals surface area contributed by atoms with E-state index < -0.39 is 5.91 Å². The standard InChI is InChI=1S/C26H27N3O4/c30-25(27-16-24-18-29(13-14-33-24)17-19-5-2-1-3-6-19)23-8-4-7-22(15-23)20-9-11-21(12-10-20)26(31)28-32/h1-12,15,24,32H,13-14,16-18H2,(H,27,30)(H,28,31). The van der Waals surface area contributed by atoms with Crippen molar-refractivity contribution in [3.8, 4) is 11.1 Å². The van der Waals surface area contributed by atoms with E-state index >= 15 is 0 Å². The molecule has 0 radical (unpaired) electrons. The molecule has 4 rings (SSSR count). The third kappa shape index (κ3) is 6.04. The Hall–Kier alpha value is -3.52. The summed E-state index contributed by atoms with van der Waals surface area (Å²) < 4.78 is 5.86. The van der Waals surface area contributed by atoms with Crippen LogP contribution in [-0.4, -0.2) is 54.3 Å². The number of benzene rings is 3. The number of amides is 2. The third-order valence-electron chi connectivity index (χ3n) is 5.67. The van der Waals surface area contributed by atoms with Gasteiger partial charge in [0.05, 0.1) is 12.7 Å². The Labute approximate surface area is 193 Å². The van der Waals surface area contributed by atoms with Crippen molar-refractivity contribution in [2.24, 2.45) is 0 Å². The van der Waals surface area contributed by atoms with Gasteiger partial charge >= 0.3 is 0 Å². The van der Waals surface area contributed by atoms with Crippen LogP contribution in [0.5, 0.6) is 0 Å². The summed E-state index contributed by atoms with van der Waals surface area (Å²) in [6.45, 7) is 3.60. The molecule has 1 aliphatic heterocycles. The lowest BCUT2D eigenvalue weighted by molar-refractivity contribution is -0.0292. The second-order valence-electron chi connectivity index (χ2n) is 8.02. The largest absolute Gasteiger partial charge is 0.374 e. The first kappa shape index (κ1) is 22.7. The molecule has 7 heteroatoms. The zero-order valence-corrected chi connectivity index (χ0v) is 18.2. The van der Waals surface area contributed by atoms with E-state index in [9.17, 15) is 9.59 Å². The van der Waals surface area contributed by atoms with Gasteiger partial charge in [0.2, 0.25) is 0 Å². The quantitative estimate of drug-likeness (QED) is 0.384. The molecule has 3 N–H and O–H groups in total. The summed E-state index contributed by atoms with van der Waals surface area (Å²) in [7, 11) is 0. The maximum atomic E-state index is 12.8. The number of morpholine rings is 1. The molecule has 0 saturated carbocycles. The first-order valence-electron chi connectivity index (χ1n) is 10.9. The molecule has 0 aromatic heterocycles. The normalized spacial score (nSPS) is 16.2. The predicted molar refractivity (Wildman–Crippen MR) is 125 cm³/mol. The van der Waals surface area contributed by atoms with Gasteiger partial charge in [0.1, 0.15) is 0 Å². The van der Waals surface area contributed by atoms with Crippen molar-refractivity contribution in [3.63, 3.8) is 0 Å². The van der Waals surface area contributed by atoms with Gasteiger partial charge in [0, 0.05) is 37.3 Å². The topological polar surface area (TPSA) is 90.9 Å². The molecule has 7 nitrogen and oxygen atoms in total. The summed E-state index contributed by atoms with van der Waals surface area (Å²) in [5.74, 6) is -0.723. The number of ether oxygens (including phenoxy) is 1. The van der Waals surface area contributed by atoms with Crippen LogP contribution in [-0.2, 0) is 11.3 Å². The van der Waals surface area contributed by atoms with E-state index in [1.165, 1.54) is 5.56 Å². The second-order valence-corrected chi connectivity index (χ2v) is 8.02. The first-order chi connectivity index (χ1) is 16.1. The van der Waals surface area contributed by atoms with Crippen molar-refractivity contribution in [2.45, 2.75) is 12.6 Å². The number of carbonyl (C=O) groups is 2. The van der Waals surface area contributed by atoms with Gasteiger partial charge in [0.15, 0.2) is 0 Å². The van der Waals surface area contributed by atoms with Crippen molar-refractivity contribution < 1.29 is 19.5 Å². The Balaban J connectivity index is 1.33. The maximum Gasteiger partial charge on any atom is 0.274 e. The van der Waals surface area contributed by atoms with Gasteiger partial charge < -0.3 is 10.1 Å². The van der Waals surface area contributed by atoms with Gasteiger partial charge in [-0.25, -0.2) is 5.48 Å². The summed E-state index contributed by atoms with van der Waals surface area (Å²) in [5, 5.41) is 11.7. The van der Waals surface area contributed by atoms with Crippen molar-refractivity contribution in [2.75, 3.05) is 26.2 Å². The summed E-state index contributed by atoms with van der Waals surface area (Å²) in [5.41, 5.74) is 5.52. The predicted octanol–water partition coefficient (Wildman–Crippen LogP) is 3.10. The summed E-state index contributed by atoms with van der Waals surface area (Å²) in [6, 6.07) is 24.5. The molecule has 1 atom stereocenters. The fourth-order valence-electron chi connectivity index (χ4n) is 3.92. The van der Waals surface area contributed by atoms with Crippen molar-refractivity contribution in [3.05, 3.63) is 95.6 Å². The number of carbonyl (C=O) groups excluding carboxylic acids is 2. The van der Waals surface area contributed by atoms with E-state index in [0.717, 1.165) is 30.8 Å². The highest BCUT2D eigenvalue weighted by molar-refractivity contribution is 5.96. The van der Waals surface area contributed by atoms with E-state index in [-0.39, 0.29) is 12.0 Å². The van der Waals surface area contributed by atoms with E-state index in [2.05, 4.69) is 22.3 Å². The van der Waals surface area contributed by atoms with Gasteiger partial charge in [-0.3, -0.25) is 19.7 Å². The summed E-state index contributed by atoms with van der Waals surface area (Å²) >= 11 is 0. The van der Waals surface area contributed by atoms with Crippen LogP contribution < -0.4 is 10.8 Å². The molecular weight excluding hydrogens is 418 g/mol. The van der Waals surface area contributed by atoms with Crippen LogP contribution in [0.2, 0.25) is 0 Å². The van der Waals surface area contributed by atoms with Crippen LogP contribution in [0.25, 0.3) is 11.1 Å². The lowest BCUT2D eigenvalue weighted by Crippen LogP contribution is -2.47. The van der Waals surface area contributed by atoms with Gasteiger partial charge in [0.25, 0.3) is 11.8 Å². The lowest BCUT2D eigenvalue weighted by Gasteiger charge is -2.33. The maximum absolute atomic E-state index is 12.8. The molecule has 170 valence electrons. The van der Waals surface area contributed by atoms with E-state index in [1.54, 1.807) is 35.8 Å². The summed E-state index contributed by atoms with van der Waals surface area (Å²) in [4.78, 5) is 26.6. The Morgan fingerprint density at radius 3 is 2.45 bits per heavy atom. The minimum atomic E-state index is -0.568. The highest BCUT2D eigenvalue weighted by Crippen LogP contribution is 2.21. The third-order valence-corrected chi connectivity index (χ3v) is 5.67. The second kappa shape index (κ2) is 10.9. The van der Waals surface area contributed by atoms with Crippen molar-refractivity contribution >= 4 is 11.8 Å². The fourth-order valence-corrected chi connectivity index (χ4v) is 3.92. The van der Waals surface area contributed by atoms with Gasteiger partial charge in [-0.2, -0.15) is 0 Å². The van der Waals surface area contributed by atoms with Crippen LogP contribution in [0.1, 0.15) is 26.3 Å². The van der Waals surface area contributed by atoms with E-state index in [4.69, 9.17) is 9.94 Å². The van der Waals surface area contributed by atoms with Gasteiger partial charge in [-0.15, -0.1) is 0 Å². The Kier molecular flexibility index (Phi) is 7.47. The molecule has 1 aliphatic rings. The molecule has 33 heavy (non-hydrogen) atoms. The molecule has 3 aromatic rings. The highest BCUT2D eigenvalue weighted by atomic mass is 16.5. The number of hydroxylamine groups is 1. The zero-order chi connectivity index (χ0) is 23.0. The molecule has 1 saturated heterocycles. The van der Waals surface area contributed by atoms with E-state index in [0.29, 0.717) is 24.3 Å². The molecule has 0 bridgehead atoms. The molecule has 2 amide bonds. The monoisotopic (exact) mass is 445 g/mol. The lowest BCUT2D eigenvalue weighted by atomic mass is 10.0. The number of nitrogens with one attached hydrogen (secondary N) is 2. The molecular formula is C26H27N3O4. The minimum absolute atomic E-state index is 0.0557. The number of rotatable bonds is 7. The Morgan fingerprint density at radius 1 is 0.909 bits per heavy atom. The van der Waals surface area contributed by atoms with Crippen molar-refractivity contribution in [1.29, 1.82) is 0 Å².